The van der Waals surface area contributed by atoms with Gasteiger partial charge in [-0.05, 0) is 59.9 Å². The molecule has 0 saturated heterocycles. The SMILES string of the molecule is NS(=O)(=O)c1cccnc1C1=C(c2ccccc2)CC2(CC2)C1. The van der Waals surface area contributed by atoms with Crippen molar-refractivity contribution in [3.8, 4) is 0 Å². The average molecular weight is 326 g/mol. The molecule has 4 rings (SSSR count). The Kier molecular flexibility index (Phi) is 3.18. The van der Waals surface area contributed by atoms with Crippen molar-refractivity contribution >= 4 is 21.2 Å². The van der Waals surface area contributed by atoms with Crippen molar-refractivity contribution in [1.29, 1.82) is 0 Å². The van der Waals surface area contributed by atoms with Gasteiger partial charge in [-0.25, -0.2) is 13.6 Å². The van der Waals surface area contributed by atoms with Crippen molar-refractivity contribution < 1.29 is 8.42 Å². The first-order chi connectivity index (χ1) is 11.0. The van der Waals surface area contributed by atoms with Gasteiger partial charge in [-0.3, -0.25) is 4.98 Å². The number of rotatable bonds is 3. The fraction of sp³-hybridized carbons (Fsp3) is 0.278. The average Bonchev–Trinajstić information content (AvgIpc) is 3.18. The molecule has 0 unspecified atom stereocenters. The Bertz CT molecular complexity index is 898. The normalized spacial score (nSPS) is 19.3. The van der Waals surface area contributed by atoms with Crippen molar-refractivity contribution in [2.24, 2.45) is 10.6 Å². The highest BCUT2D eigenvalue weighted by Crippen LogP contribution is 2.63. The second-order valence-corrected chi connectivity index (χ2v) is 8.10. The maximum absolute atomic E-state index is 11.9. The molecule has 1 aromatic carbocycles. The number of hydrogen-bond donors (Lipinski definition) is 1. The highest BCUT2D eigenvalue weighted by atomic mass is 32.2. The molecule has 0 atom stereocenters. The van der Waals surface area contributed by atoms with Crippen LogP contribution in [-0.4, -0.2) is 13.4 Å². The topological polar surface area (TPSA) is 73.1 Å². The third kappa shape index (κ3) is 2.60. The predicted octanol–water partition coefficient (Wildman–Crippen LogP) is 3.21. The van der Waals surface area contributed by atoms with Gasteiger partial charge in [0.1, 0.15) is 4.90 Å². The fourth-order valence-electron chi connectivity index (χ4n) is 3.55. The molecule has 2 aliphatic carbocycles. The van der Waals surface area contributed by atoms with Gasteiger partial charge in [0.25, 0.3) is 0 Å². The fourth-order valence-corrected chi connectivity index (χ4v) is 4.26. The second kappa shape index (κ2) is 5.01. The minimum absolute atomic E-state index is 0.126. The van der Waals surface area contributed by atoms with Crippen LogP contribution in [0.25, 0.3) is 11.1 Å². The summed E-state index contributed by atoms with van der Waals surface area (Å²) in [7, 11) is -3.79. The van der Waals surface area contributed by atoms with Crippen molar-refractivity contribution in [2.45, 2.75) is 30.6 Å². The quantitative estimate of drug-likeness (QED) is 0.941. The van der Waals surface area contributed by atoms with Crippen LogP contribution in [0, 0.1) is 5.41 Å². The van der Waals surface area contributed by atoms with Crippen LogP contribution in [0.15, 0.2) is 53.6 Å². The molecular formula is C18H18N2O2S. The van der Waals surface area contributed by atoms with Crippen LogP contribution in [0.3, 0.4) is 0 Å². The second-order valence-electron chi connectivity index (χ2n) is 6.57. The van der Waals surface area contributed by atoms with Crippen LogP contribution in [0.4, 0.5) is 0 Å². The van der Waals surface area contributed by atoms with Crippen molar-refractivity contribution in [2.75, 3.05) is 0 Å². The maximum Gasteiger partial charge on any atom is 0.240 e. The Morgan fingerprint density at radius 2 is 1.65 bits per heavy atom. The van der Waals surface area contributed by atoms with Gasteiger partial charge >= 0.3 is 0 Å². The van der Waals surface area contributed by atoms with Gasteiger partial charge in [-0.2, -0.15) is 0 Å². The molecule has 1 aromatic heterocycles. The van der Waals surface area contributed by atoms with Crippen LogP contribution in [0.5, 0.6) is 0 Å². The number of allylic oxidation sites excluding steroid dienone is 2. The maximum atomic E-state index is 11.9. The van der Waals surface area contributed by atoms with Gasteiger partial charge in [0, 0.05) is 6.20 Å². The number of nitrogens with zero attached hydrogens (tertiary/aromatic N) is 1. The van der Waals surface area contributed by atoms with E-state index < -0.39 is 10.0 Å². The predicted molar refractivity (Wildman–Crippen MR) is 89.8 cm³/mol. The van der Waals surface area contributed by atoms with E-state index in [2.05, 4.69) is 17.1 Å². The van der Waals surface area contributed by atoms with Crippen molar-refractivity contribution in [1.82, 2.24) is 4.98 Å². The summed E-state index contributed by atoms with van der Waals surface area (Å²) in [6, 6.07) is 13.3. The molecule has 5 heteroatoms. The van der Waals surface area contributed by atoms with Gasteiger partial charge in [0.05, 0.1) is 5.69 Å². The highest BCUT2D eigenvalue weighted by molar-refractivity contribution is 7.89. The molecule has 118 valence electrons. The lowest BCUT2D eigenvalue weighted by Gasteiger charge is -2.11. The standard InChI is InChI=1S/C18H18N2O2S/c19-23(21,22)16-7-4-10-20-17(16)15-12-18(8-9-18)11-14(15)13-5-2-1-3-6-13/h1-7,10H,8-9,11-12H2,(H2,19,21,22). The Morgan fingerprint density at radius 3 is 2.30 bits per heavy atom. The Balaban J connectivity index is 1.92. The number of primary sulfonamides is 1. The lowest BCUT2D eigenvalue weighted by molar-refractivity contribution is 0.567. The van der Waals surface area contributed by atoms with E-state index in [1.54, 1.807) is 18.3 Å². The van der Waals surface area contributed by atoms with Gasteiger partial charge in [-0.1, -0.05) is 30.3 Å². The molecular weight excluding hydrogens is 308 g/mol. The molecule has 2 N–H and O–H groups in total. The van der Waals surface area contributed by atoms with Crippen LogP contribution < -0.4 is 5.14 Å². The Hall–Kier alpha value is -1.98. The van der Waals surface area contributed by atoms with Gasteiger partial charge in [0.15, 0.2) is 0 Å². The summed E-state index contributed by atoms with van der Waals surface area (Å²) in [5.74, 6) is 0. The van der Waals surface area contributed by atoms with Gasteiger partial charge < -0.3 is 0 Å². The van der Waals surface area contributed by atoms with Crippen molar-refractivity contribution in [3.63, 3.8) is 0 Å². The third-order valence-corrected chi connectivity index (χ3v) is 5.85. The van der Waals surface area contributed by atoms with Gasteiger partial charge in [0.2, 0.25) is 10.0 Å². The van der Waals surface area contributed by atoms with Crippen LogP contribution in [-0.2, 0) is 10.0 Å². The number of hydrogen-bond acceptors (Lipinski definition) is 3. The van der Waals surface area contributed by atoms with E-state index in [0.717, 1.165) is 24.0 Å². The first-order valence-electron chi connectivity index (χ1n) is 7.74. The summed E-state index contributed by atoms with van der Waals surface area (Å²) in [6.07, 6.45) is 5.91. The first-order valence-corrected chi connectivity index (χ1v) is 9.29. The summed E-state index contributed by atoms with van der Waals surface area (Å²) >= 11 is 0. The van der Waals surface area contributed by atoms with E-state index in [9.17, 15) is 8.42 Å². The van der Waals surface area contributed by atoms with Gasteiger partial charge in [-0.15, -0.1) is 0 Å². The molecule has 1 saturated carbocycles. The number of pyridine rings is 1. The smallest absolute Gasteiger partial charge is 0.240 e. The van der Waals surface area contributed by atoms with E-state index in [-0.39, 0.29) is 4.90 Å². The zero-order chi connectivity index (χ0) is 16.1. The first kappa shape index (κ1) is 14.6. The lowest BCUT2D eigenvalue weighted by Crippen LogP contribution is -2.15. The molecule has 1 fully saturated rings. The summed E-state index contributed by atoms with van der Waals surface area (Å²) in [5, 5.41) is 5.40. The van der Waals surface area contributed by atoms with Crippen molar-refractivity contribution in [3.05, 3.63) is 59.9 Å². The van der Waals surface area contributed by atoms with E-state index in [1.807, 2.05) is 18.2 Å². The molecule has 1 heterocycles. The molecule has 23 heavy (non-hydrogen) atoms. The molecule has 0 amide bonds. The molecule has 1 spiro atoms. The Labute approximate surface area is 136 Å². The summed E-state index contributed by atoms with van der Waals surface area (Å²) < 4.78 is 23.9. The Morgan fingerprint density at radius 1 is 0.957 bits per heavy atom. The molecule has 0 aliphatic heterocycles. The largest absolute Gasteiger partial charge is 0.255 e. The lowest BCUT2D eigenvalue weighted by atomic mass is 9.99. The zero-order valence-corrected chi connectivity index (χ0v) is 13.5. The van der Waals surface area contributed by atoms with Crippen LogP contribution >= 0.6 is 0 Å². The number of sulfonamides is 1. The molecule has 4 nitrogen and oxygen atoms in total. The van der Waals surface area contributed by atoms with Crippen LogP contribution in [0.2, 0.25) is 0 Å². The van der Waals surface area contributed by atoms with Crippen LogP contribution in [0.1, 0.15) is 36.9 Å². The van der Waals surface area contributed by atoms with E-state index in [0.29, 0.717) is 11.1 Å². The molecule has 2 aliphatic rings. The number of nitrogens with two attached hydrogens (primary N) is 1. The van der Waals surface area contributed by atoms with E-state index in [1.165, 1.54) is 18.4 Å². The molecule has 2 aromatic rings. The third-order valence-electron chi connectivity index (χ3n) is 4.91. The summed E-state index contributed by atoms with van der Waals surface area (Å²) in [4.78, 5) is 4.51. The molecule has 0 bridgehead atoms. The minimum atomic E-state index is -3.79. The van der Waals surface area contributed by atoms with E-state index >= 15 is 0 Å². The zero-order valence-electron chi connectivity index (χ0n) is 12.7. The minimum Gasteiger partial charge on any atom is -0.255 e. The highest BCUT2D eigenvalue weighted by Gasteiger charge is 2.49. The monoisotopic (exact) mass is 326 g/mol. The number of aromatic nitrogens is 1. The number of benzene rings is 1. The van der Waals surface area contributed by atoms with E-state index in [4.69, 9.17) is 5.14 Å². The summed E-state index contributed by atoms with van der Waals surface area (Å²) in [5.41, 5.74) is 4.24. The summed E-state index contributed by atoms with van der Waals surface area (Å²) in [6.45, 7) is 0. The molecule has 0 radical (unpaired) electrons.